The number of anilines is 1. The number of benzene rings is 3. The summed E-state index contributed by atoms with van der Waals surface area (Å²) >= 11 is 6.29. The Kier molecular flexibility index (Phi) is 3.61. The molecule has 0 aromatic heterocycles. The maximum atomic E-state index is 13.3. The fraction of sp³-hybridized carbons (Fsp3) is 0.174. The fourth-order valence-corrected chi connectivity index (χ4v) is 4.75. The van der Waals surface area contributed by atoms with Crippen LogP contribution in [0.5, 0.6) is 0 Å². The Morgan fingerprint density at radius 3 is 2.54 bits per heavy atom. The lowest BCUT2D eigenvalue weighted by Gasteiger charge is -2.37. The number of rotatable bonds is 2. The van der Waals surface area contributed by atoms with Gasteiger partial charge in [0.05, 0.1) is 6.04 Å². The number of carbonyl (C=O) groups is 1. The van der Waals surface area contributed by atoms with Gasteiger partial charge in [0.2, 0.25) is 0 Å². The van der Waals surface area contributed by atoms with E-state index >= 15 is 0 Å². The van der Waals surface area contributed by atoms with Crippen molar-refractivity contribution in [2.45, 2.75) is 18.4 Å². The van der Waals surface area contributed by atoms with Crippen LogP contribution < -0.4 is 5.32 Å². The lowest BCUT2D eigenvalue weighted by molar-refractivity contribution is 0.0938. The Morgan fingerprint density at radius 2 is 1.69 bits per heavy atom. The fourth-order valence-electron chi connectivity index (χ4n) is 4.57. The zero-order valence-electron chi connectivity index (χ0n) is 14.2. The van der Waals surface area contributed by atoms with Crippen molar-refractivity contribution in [1.82, 2.24) is 0 Å². The lowest BCUT2D eigenvalue weighted by atomic mass is 9.75. The van der Waals surface area contributed by atoms with Gasteiger partial charge >= 0.3 is 0 Å². The van der Waals surface area contributed by atoms with Gasteiger partial charge in [-0.2, -0.15) is 0 Å². The summed E-state index contributed by atoms with van der Waals surface area (Å²) in [5.74, 6) is 0.568. The largest absolute Gasteiger partial charge is 0.374 e. The van der Waals surface area contributed by atoms with E-state index in [1.165, 1.54) is 16.7 Å². The van der Waals surface area contributed by atoms with Crippen molar-refractivity contribution in [2.24, 2.45) is 5.92 Å². The second-order valence-electron chi connectivity index (χ2n) is 7.13. The maximum Gasteiger partial charge on any atom is 0.185 e. The summed E-state index contributed by atoms with van der Waals surface area (Å²) in [6.45, 7) is 0. The predicted octanol–water partition coefficient (Wildman–Crippen LogP) is 5.32. The lowest BCUT2D eigenvalue weighted by Crippen LogP contribution is -2.42. The normalized spacial score (nSPS) is 22.7. The summed E-state index contributed by atoms with van der Waals surface area (Å²) in [7, 11) is 0. The molecule has 1 aliphatic carbocycles. The van der Waals surface area contributed by atoms with Crippen LogP contribution in [0, 0.1) is 5.92 Å². The van der Waals surface area contributed by atoms with E-state index in [-0.39, 0.29) is 23.7 Å². The summed E-state index contributed by atoms with van der Waals surface area (Å²) < 4.78 is 0. The standard InChI is InChI=1S/C23H18ClNO/c24-16-10-11-20-18(13-16)21-17-9-5-4-8-15(17)12-19(21)22(25-20)23(26)14-6-2-1-3-7-14/h1-11,13,19,21-22,25H,12H2/t19-,21-,22+/m0/s1. The van der Waals surface area contributed by atoms with Crippen LogP contribution in [0.1, 0.15) is 33.0 Å². The highest BCUT2D eigenvalue weighted by atomic mass is 35.5. The van der Waals surface area contributed by atoms with E-state index in [4.69, 9.17) is 11.6 Å². The summed E-state index contributed by atoms with van der Waals surface area (Å²) in [5, 5.41) is 4.26. The van der Waals surface area contributed by atoms with Crippen molar-refractivity contribution in [1.29, 1.82) is 0 Å². The molecule has 0 spiro atoms. The van der Waals surface area contributed by atoms with Gasteiger partial charge in [-0.05, 0) is 41.3 Å². The van der Waals surface area contributed by atoms with Crippen LogP contribution in [-0.2, 0) is 6.42 Å². The van der Waals surface area contributed by atoms with E-state index in [1.807, 2.05) is 48.5 Å². The number of nitrogens with one attached hydrogen (secondary N) is 1. The zero-order chi connectivity index (χ0) is 17.7. The highest BCUT2D eigenvalue weighted by Gasteiger charge is 2.45. The molecule has 1 N–H and O–H groups in total. The molecule has 5 rings (SSSR count). The first kappa shape index (κ1) is 15.7. The first-order chi connectivity index (χ1) is 12.7. The molecule has 26 heavy (non-hydrogen) atoms. The molecule has 0 saturated heterocycles. The van der Waals surface area contributed by atoms with Gasteiger partial charge in [-0.25, -0.2) is 0 Å². The first-order valence-corrected chi connectivity index (χ1v) is 9.33. The summed E-state index contributed by atoms with van der Waals surface area (Å²) in [6, 6.07) is 23.8. The van der Waals surface area contributed by atoms with Crippen LogP contribution in [0.3, 0.4) is 0 Å². The van der Waals surface area contributed by atoms with E-state index in [2.05, 4.69) is 29.6 Å². The number of halogens is 1. The van der Waals surface area contributed by atoms with Crippen molar-refractivity contribution in [3.05, 3.63) is 100 Å². The molecule has 0 fully saturated rings. The average molecular weight is 360 g/mol. The molecule has 3 atom stereocenters. The summed E-state index contributed by atoms with van der Waals surface area (Å²) in [6.07, 6.45) is 0.906. The molecule has 0 unspecified atom stereocenters. The number of carbonyl (C=O) groups excluding carboxylic acids is 1. The average Bonchev–Trinajstić information content (AvgIpc) is 3.07. The van der Waals surface area contributed by atoms with Gasteiger partial charge in [0.1, 0.15) is 0 Å². The van der Waals surface area contributed by atoms with Crippen LogP contribution in [0.15, 0.2) is 72.8 Å². The van der Waals surface area contributed by atoms with Crippen molar-refractivity contribution in [3.63, 3.8) is 0 Å². The third-order valence-electron chi connectivity index (χ3n) is 5.70. The Morgan fingerprint density at radius 1 is 0.923 bits per heavy atom. The third kappa shape index (κ3) is 2.37. The van der Waals surface area contributed by atoms with Crippen molar-refractivity contribution in [2.75, 3.05) is 5.32 Å². The van der Waals surface area contributed by atoms with Gasteiger partial charge in [0.15, 0.2) is 5.78 Å². The van der Waals surface area contributed by atoms with Gasteiger partial charge in [0.25, 0.3) is 0 Å². The van der Waals surface area contributed by atoms with Gasteiger partial charge in [-0.1, -0.05) is 66.2 Å². The molecule has 2 aliphatic rings. The van der Waals surface area contributed by atoms with Crippen LogP contribution in [0.25, 0.3) is 0 Å². The molecule has 0 amide bonds. The molecule has 3 aromatic rings. The van der Waals surface area contributed by atoms with E-state index in [1.54, 1.807) is 0 Å². The Labute approximate surface area is 157 Å². The first-order valence-electron chi connectivity index (χ1n) is 8.95. The van der Waals surface area contributed by atoms with Gasteiger partial charge in [-0.3, -0.25) is 4.79 Å². The van der Waals surface area contributed by atoms with Crippen LogP contribution in [0.2, 0.25) is 5.02 Å². The predicted molar refractivity (Wildman–Crippen MR) is 105 cm³/mol. The Hall–Kier alpha value is -2.58. The molecule has 3 aromatic carbocycles. The number of fused-ring (bicyclic) bond motifs is 5. The maximum absolute atomic E-state index is 13.3. The summed E-state index contributed by atoms with van der Waals surface area (Å²) in [4.78, 5) is 13.3. The molecule has 1 heterocycles. The minimum absolute atomic E-state index is 0.161. The molecule has 128 valence electrons. The van der Waals surface area contributed by atoms with Crippen molar-refractivity contribution in [3.8, 4) is 0 Å². The van der Waals surface area contributed by atoms with E-state index in [0.29, 0.717) is 0 Å². The van der Waals surface area contributed by atoms with Gasteiger partial charge in [-0.15, -0.1) is 0 Å². The SMILES string of the molecule is O=C(c1ccccc1)[C@@H]1Nc2ccc(Cl)cc2[C@@H]2c3ccccc3C[C@@H]21. The highest BCUT2D eigenvalue weighted by molar-refractivity contribution is 6.30. The van der Waals surface area contributed by atoms with Crippen LogP contribution >= 0.6 is 11.6 Å². The van der Waals surface area contributed by atoms with Crippen LogP contribution in [-0.4, -0.2) is 11.8 Å². The van der Waals surface area contributed by atoms with E-state index in [9.17, 15) is 4.79 Å². The Bertz CT molecular complexity index is 998. The number of hydrogen-bond acceptors (Lipinski definition) is 2. The molecular formula is C23H18ClNO. The molecule has 0 bridgehead atoms. The topological polar surface area (TPSA) is 29.1 Å². The minimum atomic E-state index is -0.233. The number of ketones is 1. The van der Waals surface area contributed by atoms with Gasteiger partial charge < -0.3 is 5.32 Å². The molecule has 2 nitrogen and oxygen atoms in total. The molecular weight excluding hydrogens is 342 g/mol. The summed E-state index contributed by atoms with van der Waals surface area (Å²) in [5.41, 5.74) is 5.64. The quantitative estimate of drug-likeness (QED) is 0.627. The molecule has 0 radical (unpaired) electrons. The second kappa shape index (κ2) is 6.00. The molecule has 1 aliphatic heterocycles. The third-order valence-corrected chi connectivity index (χ3v) is 5.94. The van der Waals surface area contributed by atoms with E-state index < -0.39 is 0 Å². The van der Waals surface area contributed by atoms with Crippen LogP contribution in [0.4, 0.5) is 5.69 Å². The van der Waals surface area contributed by atoms with Gasteiger partial charge in [0, 0.05) is 28.1 Å². The molecule has 3 heteroatoms. The van der Waals surface area contributed by atoms with E-state index in [0.717, 1.165) is 22.7 Å². The monoisotopic (exact) mass is 359 g/mol. The number of hydrogen-bond donors (Lipinski definition) is 1. The van der Waals surface area contributed by atoms with Crippen molar-refractivity contribution < 1.29 is 4.79 Å². The zero-order valence-corrected chi connectivity index (χ0v) is 14.9. The van der Waals surface area contributed by atoms with Crippen molar-refractivity contribution >= 4 is 23.1 Å². The number of Topliss-reactive ketones (excluding diaryl/α,β-unsaturated/α-hetero) is 1. The minimum Gasteiger partial charge on any atom is -0.374 e. The Balaban J connectivity index is 1.64. The highest BCUT2D eigenvalue weighted by Crippen LogP contribution is 2.50. The second-order valence-corrected chi connectivity index (χ2v) is 7.56. The molecule has 0 saturated carbocycles. The smallest absolute Gasteiger partial charge is 0.185 e.